The molecule has 1 aromatic heterocycles. The minimum absolute atomic E-state index is 0.00962. The first-order chi connectivity index (χ1) is 23.8. The summed E-state index contributed by atoms with van der Waals surface area (Å²) >= 11 is 0. The second-order valence-electron chi connectivity index (χ2n) is 15.8. The van der Waals surface area contributed by atoms with Gasteiger partial charge in [0.25, 0.3) is 0 Å². The molecule has 4 aliphatic heterocycles. The zero-order valence-electron chi connectivity index (χ0n) is 31.0. The van der Waals surface area contributed by atoms with Crippen molar-refractivity contribution < 1.29 is 14.3 Å². The van der Waals surface area contributed by atoms with E-state index in [-0.39, 0.29) is 17.7 Å². The van der Waals surface area contributed by atoms with Crippen molar-refractivity contribution in [2.24, 2.45) is 15.9 Å². The van der Waals surface area contributed by atoms with Crippen LogP contribution in [0.5, 0.6) is 0 Å². The van der Waals surface area contributed by atoms with Gasteiger partial charge in [0.2, 0.25) is 5.91 Å². The molecule has 0 aliphatic carbocycles. The molecule has 2 unspecified atom stereocenters. The molecule has 5 heterocycles. The molecular weight excluding hydrogens is 622 g/mol. The van der Waals surface area contributed by atoms with E-state index in [1.165, 1.54) is 11.1 Å². The fourth-order valence-electron chi connectivity index (χ4n) is 8.22. The van der Waals surface area contributed by atoms with Crippen LogP contribution in [0.1, 0.15) is 112 Å². The predicted octanol–water partition coefficient (Wildman–Crippen LogP) is 7.68. The van der Waals surface area contributed by atoms with Gasteiger partial charge in [-0.2, -0.15) is 0 Å². The highest BCUT2D eigenvalue weighted by atomic mass is 16.5. The smallest absolute Gasteiger partial charge is 0.219 e. The number of ether oxygens (including phenoxy) is 1. The van der Waals surface area contributed by atoms with Gasteiger partial charge in [-0.15, -0.1) is 0 Å². The Bertz CT molecular complexity index is 1890. The number of carbonyl (C=O) groups is 2. The van der Waals surface area contributed by atoms with Gasteiger partial charge in [0, 0.05) is 44.0 Å². The number of aromatic nitrogens is 1. The first-order valence-corrected chi connectivity index (χ1v) is 18.4. The quantitative estimate of drug-likeness (QED) is 0.245. The summed E-state index contributed by atoms with van der Waals surface area (Å²) in [6, 6.07) is 15.7. The van der Waals surface area contributed by atoms with Crippen LogP contribution in [0, 0.1) is 19.8 Å². The fraction of sp³-hybridized carbons (Fsp3) is 0.500. The minimum atomic E-state index is -0.688. The highest BCUT2D eigenvalue weighted by molar-refractivity contribution is 6.09. The van der Waals surface area contributed by atoms with Crippen LogP contribution in [0.25, 0.3) is 11.1 Å². The van der Waals surface area contributed by atoms with Crippen LogP contribution < -0.4 is 0 Å². The number of piperidine rings is 1. The van der Waals surface area contributed by atoms with Gasteiger partial charge in [0.15, 0.2) is 5.78 Å². The lowest BCUT2D eigenvalue weighted by Crippen LogP contribution is -2.61. The van der Waals surface area contributed by atoms with E-state index in [4.69, 9.17) is 19.7 Å². The molecule has 2 fully saturated rings. The number of aliphatic imine (C=N–C) groups is 2. The molecule has 50 heavy (non-hydrogen) atoms. The predicted molar refractivity (Wildman–Crippen MR) is 200 cm³/mol. The summed E-state index contributed by atoms with van der Waals surface area (Å²) < 4.78 is 6.48. The highest BCUT2D eigenvalue weighted by Gasteiger charge is 2.39. The lowest BCUT2D eigenvalue weighted by atomic mass is 9.85. The lowest BCUT2D eigenvalue weighted by Gasteiger charge is -2.47. The van der Waals surface area contributed by atoms with E-state index in [2.05, 4.69) is 68.1 Å². The Kier molecular flexibility index (Phi) is 9.14. The monoisotopic (exact) mass is 673 g/mol. The molecule has 3 aromatic rings. The second kappa shape index (κ2) is 13.3. The van der Waals surface area contributed by atoms with E-state index in [0.29, 0.717) is 18.4 Å². The first kappa shape index (κ1) is 34.4. The van der Waals surface area contributed by atoms with Crippen LogP contribution in [0.15, 0.2) is 52.4 Å². The van der Waals surface area contributed by atoms with Crippen molar-refractivity contribution in [3.8, 4) is 11.1 Å². The number of fused-ring (bicyclic) bond motifs is 2. The van der Waals surface area contributed by atoms with Crippen molar-refractivity contribution in [2.75, 3.05) is 26.2 Å². The van der Waals surface area contributed by atoms with E-state index in [1.807, 2.05) is 25.7 Å². The molecule has 4 aliphatic rings. The van der Waals surface area contributed by atoms with Gasteiger partial charge in [-0.25, -0.2) is 4.98 Å². The third-order valence-electron chi connectivity index (χ3n) is 10.9. The number of carbonyl (C=O) groups excluding carboxylic acids is 2. The second-order valence-corrected chi connectivity index (χ2v) is 15.8. The average molecular weight is 674 g/mol. The van der Waals surface area contributed by atoms with E-state index in [9.17, 15) is 9.59 Å². The number of hydrogen-bond acceptors (Lipinski definition) is 7. The Morgan fingerprint density at radius 3 is 2.32 bits per heavy atom. The van der Waals surface area contributed by atoms with E-state index >= 15 is 0 Å². The van der Waals surface area contributed by atoms with Gasteiger partial charge in [-0.1, -0.05) is 42.8 Å². The lowest BCUT2D eigenvalue weighted by molar-refractivity contribution is -0.138. The fourth-order valence-corrected chi connectivity index (χ4v) is 8.22. The number of amides is 1. The summed E-state index contributed by atoms with van der Waals surface area (Å²) in [5, 5.41) is 0. The molecule has 0 saturated carbocycles. The Morgan fingerprint density at radius 2 is 1.70 bits per heavy atom. The third kappa shape index (κ3) is 6.48. The van der Waals surface area contributed by atoms with E-state index in [1.54, 1.807) is 13.8 Å². The van der Waals surface area contributed by atoms with Crippen LogP contribution in [0.3, 0.4) is 0 Å². The zero-order valence-corrected chi connectivity index (χ0v) is 31.0. The number of hydrogen-bond donors (Lipinski definition) is 0. The van der Waals surface area contributed by atoms with Crippen LogP contribution in [0.4, 0.5) is 5.69 Å². The van der Waals surface area contributed by atoms with Gasteiger partial charge in [-0.05, 0) is 114 Å². The van der Waals surface area contributed by atoms with Gasteiger partial charge < -0.3 is 9.64 Å². The standard InChI is InChI=1S/C42H51N5O3/c1-9-33-31-14-15-34(45-40(31)39(44-33)29-16-18-46(19-17-29)30-22-47(23-30)27(5)49)36-21-32-35(43-36)20-25(3)37(41(26(4)48)50-42(6,7)8)38(32)28-12-10-24(2)11-13-28/h10-15,20,29-30,33,41H,9,16-19,21-23H2,1-8H3. The molecule has 7 rings (SSSR count). The summed E-state index contributed by atoms with van der Waals surface area (Å²) in [5.41, 5.74) is 12.0. The number of Topliss-reactive ketones (excluding diaryl/α,β-unsaturated/α-hetero) is 1. The average Bonchev–Trinajstić information content (AvgIpc) is 3.64. The number of ketones is 1. The van der Waals surface area contributed by atoms with Crippen LogP contribution in [-0.2, 0) is 20.7 Å². The van der Waals surface area contributed by atoms with Gasteiger partial charge in [0.1, 0.15) is 6.10 Å². The van der Waals surface area contributed by atoms with Crippen molar-refractivity contribution in [1.29, 1.82) is 0 Å². The van der Waals surface area contributed by atoms with Gasteiger partial charge >= 0.3 is 0 Å². The van der Waals surface area contributed by atoms with Crippen molar-refractivity contribution in [3.05, 3.63) is 81.7 Å². The summed E-state index contributed by atoms with van der Waals surface area (Å²) in [7, 11) is 0. The zero-order chi connectivity index (χ0) is 35.5. The van der Waals surface area contributed by atoms with Gasteiger partial charge in [-0.3, -0.25) is 24.5 Å². The number of nitrogens with zero attached hydrogens (tertiary/aromatic N) is 5. The third-order valence-corrected chi connectivity index (χ3v) is 10.9. The Morgan fingerprint density at radius 1 is 1.00 bits per heavy atom. The highest BCUT2D eigenvalue weighted by Crippen LogP contribution is 2.45. The molecular formula is C42H51N5O3. The SMILES string of the molecule is CCC1N=C(C2CCN(C3CN(C(C)=O)C3)CC2)c2nc(C3=Nc4cc(C)c(C(OC(C)(C)C)C(C)=O)c(-c5ccc(C)cc5)c4C3)ccc21. The maximum atomic E-state index is 13.2. The summed E-state index contributed by atoms with van der Waals surface area (Å²) in [4.78, 5) is 45.3. The topological polar surface area (TPSA) is 87.5 Å². The Labute approximate surface area is 297 Å². The summed E-state index contributed by atoms with van der Waals surface area (Å²) in [5.74, 6) is 0.539. The van der Waals surface area contributed by atoms with Crippen LogP contribution >= 0.6 is 0 Å². The first-order valence-electron chi connectivity index (χ1n) is 18.4. The molecule has 8 heteroatoms. The molecule has 2 aromatic carbocycles. The Hall–Kier alpha value is -4.01. The molecule has 8 nitrogen and oxygen atoms in total. The molecule has 2 atom stereocenters. The normalized spacial score (nSPS) is 20.2. The minimum Gasteiger partial charge on any atom is -0.360 e. The Balaban J connectivity index is 1.20. The number of rotatable bonds is 8. The summed E-state index contributed by atoms with van der Waals surface area (Å²) in [6.45, 7) is 19.4. The largest absolute Gasteiger partial charge is 0.360 e. The van der Waals surface area contributed by atoms with Crippen LogP contribution in [0.2, 0.25) is 0 Å². The molecule has 0 N–H and O–H groups in total. The van der Waals surface area contributed by atoms with Gasteiger partial charge in [0.05, 0.1) is 40.1 Å². The van der Waals surface area contributed by atoms with Crippen molar-refractivity contribution in [2.45, 2.75) is 105 Å². The van der Waals surface area contributed by atoms with Crippen molar-refractivity contribution >= 4 is 28.8 Å². The maximum absolute atomic E-state index is 13.2. The number of benzene rings is 2. The molecule has 0 radical (unpaired) electrons. The summed E-state index contributed by atoms with van der Waals surface area (Å²) in [6.07, 6.45) is 2.99. The molecule has 0 spiro atoms. The van der Waals surface area contributed by atoms with Crippen molar-refractivity contribution in [1.82, 2.24) is 14.8 Å². The number of pyridine rings is 1. The number of likely N-dealkylation sites (tertiary alicyclic amines) is 2. The maximum Gasteiger partial charge on any atom is 0.219 e. The number of aryl methyl sites for hydroxylation is 2. The van der Waals surface area contributed by atoms with E-state index in [0.717, 1.165) is 102 Å². The van der Waals surface area contributed by atoms with Crippen LogP contribution in [-0.4, -0.2) is 75.7 Å². The molecule has 1 amide bonds. The molecule has 0 bridgehead atoms. The van der Waals surface area contributed by atoms with Crippen molar-refractivity contribution in [3.63, 3.8) is 0 Å². The molecule has 262 valence electrons. The van der Waals surface area contributed by atoms with E-state index < -0.39 is 11.7 Å². The molecule has 2 saturated heterocycles.